The van der Waals surface area contributed by atoms with Crippen molar-refractivity contribution in [2.75, 3.05) is 32.7 Å². The third kappa shape index (κ3) is 3.66. The van der Waals surface area contributed by atoms with E-state index in [0.717, 1.165) is 18.1 Å². The molecule has 0 saturated heterocycles. The summed E-state index contributed by atoms with van der Waals surface area (Å²) in [6.07, 6.45) is 0. The molecule has 0 bridgehead atoms. The summed E-state index contributed by atoms with van der Waals surface area (Å²) in [4.78, 5) is 2.08. The van der Waals surface area contributed by atoms with E-state index >= 15 is 0 Å². The van der Waals surface area contributed by atoms with Gasteiger partial charge in [0.25, 0.3) is 0 Å². The van der Waals surface area contributed by atoms with Crippen LogP contribution in [0.15, 0.2) is 24.3 Å². The predicted molar refractivity (Wildman–Crippen MR) is 59.8 cm³/mol. The second-order valence-electron chi connectivity index (χ2n) is 3.37. The lowest BCUT2D eigenvalue weighted by Gasteiger charge is -2.12. The molecule has 0 amide bonds. The van der Waals surface area contributed by atoms with Gasteiger partial charge < -0.3 is 10.1 Å². The lowest BCUT2D eigenvalue weighted by Crippen LogP contribution is -2.20. The summed E-state index contributed by atoms with van der Waals surface area (Å²) in [6, 6.07) is 7.99. The van der Waals surface area contributed by atoms with Crippen molar-refractivity contribution in [1.82, 2.24) is 4.90 Å². The second-order valence-corrected chi connectivity index (χ2v) is 3.37. The molecule has 0 radical (unpaired) electrons. The fourth-order valence-electron chi connectivity index (χ4n) is 1.09. The van der Waals surface area contributed by atoms with Crippen LogP contribution in [0.2, 0.25) is 0 Å². The second kappa shape index (κ2) is 5.50. The Labute approximate surface area is 85.7 Å². The highest BCUT2D eigenvalue weighted by molar-refractivity contribution is 5.46. The number of nitrogens with one attached hydrogen (secondary N) is 1. The van der Waals surface area contributed by atoms with Crippen molar-refractivity contribution in [2.45, 2.75) is 6.92 Å². The molecule has 0 aliphatic carbocycles. The van der Waals surface area contributed by atoms with Crippen LogP contribution in [-0.4, -0.2) is 32.3 Å². The Hall–Kier alpha value is -1.22. The van der Waals surface area contributed by atoms with Crippen LogP contribution in [0.5, 0.6) is 5.75 Å². The molecule has 0 aliphatic heterocycles. The summed E-state index contributed by atoms with van der Waals surface area (Å²) in [7, 11) is 4.06. The largest absolute Gasteiger partial charge is 0.494 e. The standard InChI is InChI=1S/C11H18N2O/c1-4-14-11-7-5-10(6-8-11)12-9-13(2)3/h5-8,12H,4,9H2,1-3H3. The molecule has 3 heteroatoms. The van der Waals surface area contributed by atoms with E-state index in [0.29, 0.717) is 6.61 Å². The van der Waals surface area contributed by atoms with Crippen LogP contribution in [0.3, 0.4) is 0 Å². The number of benzene rings is 1. The molecule has 78 valence electrons. The first-order valence-electron chi connectivity index (χ1n) is 4.84. The van der Waals surface area contributed by atoms with Crippen LogP contribution in [0.25, 0.3) is 0 Å². The number of hydrogen-bond acceptors (Lipinski definition) is 3. The monoisotopic (exact) mass is 194 g/mol. The van der Waals surface area contributed by atoms with Crippen LogP contribution in [0, 0.1) is 0 Å². The molecule has 1 rings (SSSR count). The van der Waals surface area contributed by atoms with E-state index in [4.69, 9.17) is 4.74 Å². The van der Waals surface area contributed by atoms with Crippen molar-refractivity contribution in [2.24, 2.45) is 0 Å². The molecule has 0 heterocycles. The number of nitrogens with zero attached hydrogens (tertiary/aromatic N) is 1. The van der Waals surface area contributed by atoms with Crippen LogP contribution in [-0.2, 0) is 0 Å². The average molecular weight is 194 g/mol. The lowest BCUT2D eigenvalue weighted by atomic mass is 10.3. The molecule has 14 heavy (non-hydrogen) atoms. The summed E-state index contributed by atoms with van der Waals surface area (Å²) < 4.78 is 5.35. The van der Waals surface area contributed by atoms with Gasteiger partial charge in [0.05, 0.1) is 13.3 Å². The first-order chi connectivity index (χ1) is 6.72. The van der Waals surface area contributed by atoms with Gasteiger partial charge >= 0.3 is 0 Å². The topological polar surface area (TPSA) is 24.5 Å². The molecule has 0 unspecified atom stereocenters. The van der Waals surface area contributed by atoms with E-state index in [1.54, 1.807) is 0 Å². The molecule has 0 atom stereocenters. The smallest absolute Gasteiger partial charge is 0.119 e. The normalized spacial score (nSPS) is 10.3. The Morgan fingerprint density at radius 1 is 1.21 bits per heavy atom. The van der Waals surface area contributed by atoms with Crippen molar-refractivity contribution in [3.05, 3.63) is 24.3 Å². The van der Waals surface area contributed by atoms with Crippen LogP contribution in [0.4, 0.5) is 5.69 Å². The minimum absolute atomic E-state index is 0.713. The molecule has 0 saturated carbocycles. The maximum absolute atomic E-state index is 5.35. The van der Waals surface area contributed by atoms with Crippen molar-refractivity contribution < 1.29 is 4.74 Å². The fourth-order valence-corrected chi connectivity index (χ4v) is 1.09. The van der Waals surface area contributed by atoms with E-state index in [-0.39, 0.29) is 0 Å². The van der Waals surface area contributed by atoms with Gasteiger partial charge in [-0.3, -0.25) is 4.90 Å². The molecule has 0 aromatic heterocycles. The zero-order valence-electron chi connectivity index (χ0n) is 9.08. The molecule has 0 spiro atoms. The third-order valence-electron chi connectivity index (χ3n) is 1.76. The van der Waals surface area contributed by atoms with Crippen LogP contribution in [0.1, 0.15) is 6.92 Å². The highest BCUT2D eigenvalue weighted by Gasteiger charge is 1.94. The Bertz CT molecular complexity index is 256. The minimum atomic E-state index is 0.713. The highest BCUT2D eigenvalue weighted by atomic mass is 16.5. The van der Waals surface area contributed by atoms with Gasteiger partial charge in [-0.25, -0.2) is 0 Å². The molecule has 1 aromatic carbocycles. The Morgan fingerprint density at radius 3 is 2.36 bits per heavy atom. The molecule has 0 aliphatic rings. The van der Waals surface area contributed by atoms with E-state index in [9.17, 15) is 0 Å². The van der Waals surface area contributed by atoms with Crippen molar-refractivity contribution in [3.8, 4) is 5.75 Å². The van der Waals surface area contributed by atoms with Gasteiger partial charge in [-0.15, -0.1) is 0 Å². The summed E-state index contributed by atoms with van der Waals surface area (Å²) in [5.41, 5.74) is 1.11. The summed E-state index contributed by atoms with van der Waals surface area (Å²) in [5.74, 6) is 0.919. The summed E-state index contributed by atoms with van der Waals surface area (Å²) in [6.45, 7) is 3.54. The molecular formula is C11H18N2O. The van der Waals surface area contributed by atoms with E-state index in [1.807, 2.05) is 45.3 Å². The van der Waals surface area contributed by atoms with Gasteiger partial charge in [-0.1, -0.05) is 0 Å². The van der Waals surface area contributed by atoms with Gasteiger partial charge in [-0.05, 0) is 45.3 Å². The van der Waals surface area contributed by atoms with E-state index < -0.39 is 0 Å². The zero-order valence-corrected chi connectivity index (χ0v) is 9.08. The Morgan fingerprint density at radius 2 is 1.86 bits per heavy atom. The first kappa shape index (κ1) is 10.9. The average Bonchev–Trinajstić information content (AvgIpc) is 2.17. The van der Waals surface area contributed by atoms with Crippen molar-refractivity contribution in [1.29, 1.82) is 0 Å². The molecule has 1 aromatic rings. The van der Waals surface area contributed by atoms with E-state index in [2.05, 4.69) is 10.2 Å². The van der Waals surface area contributed by atoms with Gasteiger partial charge in [0.15, 0.2) is 0 Å². The maximum Gasteiger partial charge on any atom is 0.119 e. The van der Waals surface area contributed by atoms with Crippen molar-refractivity contribution >= 4 is 5.69 Å². The van der Waals surface area contributed by atoms with Gasteiger partial charge in [0, 0.05) is 5.69 Å². The summed E-state index contributed by atoms with van der Waals surface area (Å²) >= 11 is 0. The van der Waals surface area contributed by atoms with Gasteiger partial charge in [-0.2, -0.15) is 0 Å². The molecule has 0 fully saturated rings. The maximum atomic E-state index is 5.35. The van der Waals surface area contributed by atoms with Crippen LogP contribution < -0.4 is 10.1 Å². The van der Waals surface area contributed by atoms with Crippen molar-refractivity contribution in [3.63, 3.8) is 0 Å². The summed E-state index contributed by atoms with van der Waals surface area (Å²) in [5, 5.41) is 3.28. The quantitative estimate of drug-likeness (QED) is 0.726. The van der Waals surface area contributed by atoms with E-state index in [1.165, 1.54) is 0 Å². The number of anilines is 1. The number of ether oxygens (including phenoxy) is 1. The predicted octanol–water partition coefficient (Wildman–Crippen LogP) is 2.02. The number of rotatable bonds is 5. The molecular weight excluding hydrogens is 176 g/mol. The third-order valence-corrected chi connectivity index (χ3v) is 1.76. The first-order valence-corrected chi connectivity index (χ1v) is 4.84. The molecule has 3 nitrogen and oxygen atoms in total. The molecule has 1 N–H and O–H groups in total. The van der Waals surface area contributed by atoms with Gasteiger partial charge in [0.1, 0.15) is 5.75 Å². The SMILES string of the molecule is CCOc1ccc(NCN(C)C)cc1. The number of hydrogen-bond donors (Lipinski definition) is 1. The fraction of sp³-hybridized carbons (Fsp3) is 0.455. The zero-order chi connectivity index (χ0) is 10.4. The lowest BCUT2D eigenvalue weighted by molar-refractivity contribution is 0.340. The Kier molecular flexibility index (Phi) is 4.26. The minimum Gasteiger partial charge on any atom is -0.494 e. The highest BCUT2D eigenvalue weighted by Crippen LogP contribution is 2.15. The Balaban J connectivity index is 2.46. The van der Waals surface area contributed by atoms with Crippen LogP contribution >= 0.6 is 0 Å². The van der Waals surface area contributed by atoms with Gasteiger partial charge in [0.2, 0.25) is 0 Å².